The van der Waals surface area contributed by atoms with Crippen LogP contribution in [0.4, 0.5) is 4.39 Å². The van der Waals surface area contributed by atoms with Crippen LogP contribution in [-0.4, -0.2) is 33.6 Å². The van der Waals surface area contributed by atoms with Crippen LogP contribution in [0.15, 0.2) is 54.0 Å². The number of hydrogen-bond donors (Lipinski definition) is 0. The molecular formula is C20H22FNO3. The Balaban J connectivity index is 2.09. The molecule has 0 aliphatic rings. The molecular weight excluding hydrogens is 321 g/mol. The highest BCUT2D eigenvalue weighted by Crippen LogP contribution is 2.38. The van der Waals surface area contributed by atoms with Crippen LogP contribution < -0.4 is 14.2 Å². The van der Waals surface area contributed by atoms with Crippen molar-refractivity contribution in [1.82, 2.24) is 0 Å². The quantitative estimate of drug-likeness (QED) is 0.509. The van der Waals surface area contributed by atoms with Gasteiger partial charge in [-0.15, -0.1) is 0 Å². The molecule has 25 heavy (non-hydrogen) atoms. The molecule has 2 aromatic carbocycles. The monoisotopic (exact) mass is 343 g/mol. The van der Waals surface area contributed by atoms with Crippen LogP contribution in [0.25, 0.3) is 0 Å². The molecule has 2 aromatic rings. The van der Waals surface area contributed by atoms with Gasteiger partial charge in [-0.3, -0.25) is 4.99 Å². The maximum absolute atomic E-state index is 13.5. The molecule has 0 fully saturated rings. The van der Waals surface area contributed by atoms with Gasteiger partial charge < -0.3 is 14.2 Å². The minimum Gasteiger partial charge on any atom is -0.493 e. The standard InChI is InChI=1S/C20H22FNO3/c1-4-11-25-20-18(23-2)12-15(13-19(20)24-3)9-10-22-14-16-7-5-6-8-17(16)21/h4-8,12-14H,1,9-11H2,2-3H3. The zero-order valence-electron chi connectivity index (χ0n) is 14.5. The Labute approximate surface area is 147 Å². The number of aliphatic imine (C=N–C) groups is 1. The summed E-state index contributed by atoms with van der Waals surface area (Å²) in [5.74, 6) is 1.45. The summed E-state index contributed by atoms with van der Waals surface area (Å²) in [4.78, 5) is 4.29. The Morgan fingerprint density at radius 3 is 2.40 bits per heavy atom. The van der Waals surface area contributed by atoms with Crippen LogP contribution in [-0.2, 0) is 6.42 Å². The Morgan fingerprint density at radius 1 is 1.12 bits per heavy atom. The van der Waals surface area contributed by atoms with Crippen LogP contribution in [0.1, 0.15) is 11.1 Å². The summed E-state index contributed by atoms with van der Waals surface area (Å²) < 4.78 is 29.9. The average Bonchev–Trinajstić information content (AvgIpc) is 2.64. The molecule has 0 spiro atoms. The molecule has 132 valence electrons. The van der Waals surface area contributed by atoms with Gasteiger partial charge in [0.15, 0.2) is 11.5 Å². The van der Waals surface area contributed by atoms with E-state index in [1.165, 1.54) is 6.07 Å². The molecule has 0 aliphatic heterocycles. The lowest BCUT2D eigenvalue weighted by Gasteiger charge is -2.15. The molecule has 0 aromatic heterocycles. The Kier molecular flexibility index (Phi) is 7.01. The van der Waals surface area contributed by atoms with Crippen LogP contribution >= 0.6 is 0 Å². The van der Waals surface area contributed by atoms with Gasteiger partial charge in [-0.05, 0) is 30.2 Å². The van der Waals surface area contributed by atoms with Crippen LogP contribution in [0, 0.1) is 5.82 Å². The second-order valence-corrected chi connectivity index (χ2v) is 5.24. The summed E-state index contributed by atoms with van der Waals surface area (Å²) in [7, 11) is 3.16. The molecule has 0 bridgehead atoms. The molecule has 0 radical (unpaired) electrons. The number of benzene rings is 2. The summed E-state index contributed by atoms with van der Waals surface area (Å²) in [5, 5.41) is 0. The number of hydrogen-bond acceptors (Lipinski definition) is 4. The van der Waals surface area contributed by atoms with Crippen molar-refractivity contribution in [3.63, 3.8) is 0 Å². The van der Waals surface area contributed by atoms with E-state index in [9.17, 15) is 4.39 Å². The highest BCUT2D eigenvalue weighted by Gasteiger charge is 2.13. The average molecular weight is 343 g/mol. The third-order valence-electron chi connectivity index (χ3n) is 3.53. The maximum Gasteiger partial charge on any atom is 0.203 e. The largest absolute Gasteiger partial charge is 0.493 e. The second-order valence-electron chi connectivity index (χ2n) is 5.24. The van der Waals surface area contributed by atoms with Crippen molar-refractivity contribution in [2.45, 2.75) is 6.42 Å². The van der Waals surface area contributed by atoms with Crippen molar-refractivity contribution in [2.75, 3.05) is 27.4 Å². The summed E-state index contributed by atoms with van der Waals surface area (Å²) in [6, 6.07) is 10.3. The summed E-state index contributed by atoms with van der Waals surface area (Å²) in [6.45, 7) is 4.52. The fraction of sp³-hybridized carbons (Fsp3) is 0.250. The van der Waals surface area contributed by atoms with E-state index in [1.54, 1.807) is 44.7 Å². The predicted molar refractivity (Wildman–Crippen MR) is 97.8 cm³/mol. The highest BCUT2D eigenvalue weighted by atomic mass is 19.1. The lowest BCUT2D eigenvalue weighted by Crippen LogP contribution is -2.01. The molecule has 0 heterocycles. The van der Waals surface area contributed by atoms with E-state index in [-0.39, 0.29) is 5.82 Å². The fourth-order valence-corrected chi connectivity index (χ4v) is 2.30. The molecule has 5 heteroatoms. The Hall–Kier alpha value is -2.82. The molecule has 2 rings (SSSR count). The highest BCUT2D eigenvalue weighted by molar-refractivity contribution is 5.79. The molecule has 0 amide bonds. The van der Waals surface area contributed by atoms with E-state index >= 15 is 0 Å². The number of nitrogens with zero attached hydrogens (tertiary/aromatic N) is 1. The van der Waals surface area contributed by atoms with Crippen molar-refractivity contribution in [2.24, 2.45) is 4.99 Å². The lowest BCUT2D eigenvalue weighted by atomic mass is 10.1. The van der Waals surface area contributed by atoms with Crippen molar-refractivity contribution < 1.29 is 18.6 Å². The molecule has 0 aliphatic carbocycles. The lowest BCUT2D eigenvalue weighted by molar-refractivity contribution is 0.300. The molecule has 0 N–H and O–H groups in total. The predicted octanol–water partition coefficient (Wildman–Crippen LogP) is 4.07. The van der Waals surface area contributed by atoms with Gasteiger partial charge >= 0.3 is 0 Å². The van der Waals surface area contributed by atoms with Gasteiger partial charge in [0.25, 0.3) is 0 Å². The van der Waals surface area contributed by atoms with Crippen LogP contribution in [0.5, 0.6) is 17.2 Å². The molecule has 0 saturated heterocycles. The minimum absolute atomic E-state index is 0.279. The molecule has 0 saturated carbocycles. The van der Waals surface area contributed by atoms with E-state index in [2.05, 4.69) is 11.6 Å². The first-order valence-corrected chi connectivity index (χ1v) is 7.92. The summed E-state index contributed by atoms with van der Waals surface area (Å²) in [5.41, 5.74) is 1.47. The number of ether oxygens (including phenoxy) is 3. The van der Waals surface area contributed by atoms with Crippen LogP contribution in [0.3, 0.4) is 0 Å². The van der Waals surface area contributed by atoms with Gasteiger partial charge in [0.1, 0.15) is 12.4 Å². The van der Waals surface area contributed by atoms with Gasteiger partial charge in [-0.1, -0.05) is 30.9 Å². The normalized spacial score (nSPS) is 10.7. The summed E-state index contributed by atoms with van der Waals surface area (Å²) in [6.07, 6.45) is 3.87. The van der Waals surface area contributed by atoms with Crippen molar-refractivity contribution >= 4 is 6.21 Å². The topological polar surface area (TPSA) is 40.0 Å². The van der Waals surface area contributed by atoms with Crippen molar-refractivity contribution in [1.29, 1.82) is 0 Å². The third-order valence-corrected chi connectivity index (χ3v) is 3.53. The van der Waals surface area contributed by atoms with Gasteiger partial charge in [0.2, 0.25) is 5.75 Å². The molecule has 0 atom stereocenters. The van der Waals surface area contributed by atoms with Crippen molar-refractivity contribution in [3.8, 4) is 17.2 Å². The summed E-state index contributed by atoms with van der Waals surface area (Å²) >= 11 is 0. The van der Waals surface area contributed by atoms with Crippen LogP contribution in [0.2, 0.25) is 0 Å². The SMILES string of the molecule is C=CCOc1c(OC)cc(CCN=Cc2ccccc2F)cc1OC. The third kappa shape index (κ3) is 5.08. The smallest absolute Gasteiger partial charge is 0.203 e. The Bertz CT molecular complexity index is 718. The zero-order chi connectivity index (χ0) is 18.1. The maximum atomic E-state index is 13.5. The van der Waals surface area contributed by atoms with E-state index < -0.39 is 0 Å². The molecule has 0 unspecified atom stereocenters. The second kappa shape index (κ2) is 9.47. The van der Waals surface area contributed by atoms with E-state index in [0.717, 1.165) is 5.56 Å². The molecule has 4 nitrogen and oxygen atoms in total. The fourth-order valence-electron chi connectivity index (χ4n) is 2.30. The first-order chi connectivity index (χ1) is 12.2. The number of rotatable bonds is 9. The first kappa shape index (κ1) is 18.5. The van der Waals surface area contributed by atoms with Gasteiger partial charge in [0, 0.05) is 18.3 Å². The minimum atomic E-state index is -0.279. The van der Waals surface area contributed by atoms with E-state index in [1.807, 2.05) is 12.1 Å². The van der Waals surface area contributed by atoms with Crippen molar-refractivity contribution in [3.05, 3.63) is 66.0 Å². The number of methoxy groups -OCH3 is 2. The Morgan fingerprint density at radius 2 is 1.80 bits per heavy atom. The zero-order valence-corrected chi connectivity index (χ0v) is 14.5. The van der Waals surface area contributed by atoms with E-state index in [4.69, 9.17) is 14.2 Å². The first-order valence-electron chi connectivity index (χ1n) is 7.92. The van der Waals surface area contributed by atoms with E-state index in [0.29, 0.717) is 42.4 Å². The van der Waals surface area contributed by atoms with Gasteiger partial charge in [0.05, 0.1) is 14.2 Å². The van der Waals surface area contributed by atoms with Gasteiger partial charge in [-0.2, -0.15) is 0 Å². The number of halogens is 1. The van der Waals surface area contributed by atoms with Gasteiger partial charge in [-0.25, -0.2) is 4.39 Å².